The van der Waals surface area contributed by atoms with Gasteiger partial charge in [-0.15, -0.1) is 0 Å². The van der Waals surface area contributed by atoms with Crippen LogP contribution in [0.25, 0.3) is 0 Å². The molecule has 37 valence electrons. The predicted molar refractivity (Wildman–Crippen MR) is 32.8 cm³/mol. The Kier molecular flexibility index (Phi) is 4.64. The maximum absolute atomic E-state index is 5.02. The highest BCUT2D eigenvalue weighted by Crippen LogP contribution is 1.74. The number of hydrogen-bond acceptors (Lipinski definition) is 0. The summed E-state index contributed by atoms with van der Waals surface area (Å²) in [6.07, 6.45) is 9.02. The maximum Gasteiger partial charge on any atom is -0.0467 e. The van der Waals surface area contributed by atoms with E-state index in [1.165, 1.54) is 6.08 Å². The second kappa shape index (κ2) is 5.22. The lowest BCUT2D eigenvalue weighted by atomic mass is 10.4. The topological polar surface area (TPSA) is 0 Å². The molecule has 0 aromatic carbocycles. The molecule has 0 heteroatoms. The standard InChI is InChI=1S/C7H9/c1-3-5-7-6-4-2/h1,3-7H,2H3. The van der Waals surface area contributed by atoms with Crippen LogP contribution in [0.3, 0.4) is 0 Å². The Labute approximate surface area is 44.9 Å². The van der Waals surface area contributed by atoms with Gasteiger partial charge in [0.2, 0.25) is 0 Å². The monoisotopic (exact) mass is 93.1 g/mol. The molecule has 0 aliphatic heterocycles. The van der Waals surface area contributed by atoms with Crippen molar-refractivity contribution in [3.63, 3.8) is 0 Å². The lowest BCUT2D eigenvalue weighted by Gasteiger charge is -1.65. The van der Waals surface area contributed by atoms with Crippen molar-refractivity contribution < 1.29 is 0 Å². The van der Waals surface area contributed by atoms with Crippen LogP contribution in [0.4, 0.5) is 0 Å². The third kappa shape index (κ3) is 5.22. The third-order valence-corrected chi connectivity index (χ3v) is 0.526. The van der Waals surface area contributed by atoms with Gasteiger partial charge in [-0.1, -0.05) is 37.0 Å². The first-order valence-corrected chi connectivity index (χ1v) is 2.24. The molecule has 0 fully saturated rings. The highest BCUT2D eigenvalue weighted by molar-refractivity contribution is 5.07. The van der Waals surface area contributed by atoms with Crippen LogP contribution < -0.4 is 0 Å². The second-order valence-corrected chi connectivity index (χ2v) is 1.10. The van der Waals surface area contributed by atoms with E-state index < -0.39 is 0 Å². The fourth-order valence-electron chi connectivity index (χ4n) is 0.239. The highest BCUT2D eigenvalue weighted by Gasteiger charge is 1.52. The summed E-state index contributed by atoms with van der Waals surface area (Å²) in [5.74, 6) is 0. The van der Waals surface area contributed by atoms with Crippen LogP contribution in [0.15, 0.2) is 30.4 Å². The normalized spacial score (nSPS) is 11.0. The minimum Gasteiger partial charge on any atom is -0.0877 e. The highest BCUT2D eigenvalue weighted by atomic mass is 13.6. The summed E-state index contributed by atoms with van der Waals surface area (Å²) in [5, 5.41) is 0. The molecule has 0 saturated heterocycles. The lowest BCUT2D eigenvalue weighted by molar-refractivity contribution is 1.73. The fraction of sp³-hybridized carbons (Fsp3) is 0.143. The van der Waals surface area contributed by atoms with Crippen molar-refractivity contribution in [2.45, 2.75) is 6.92 Å². The molecule has 0 atom stereocenters. The average molecular weight is 93.1 g/mol. The second-order valence-electron chi connectivity index (χ2n) is 1.10. The molecule has 0 amide bonds. The van der Waals surface area contributed by atoms with Crippen molar-refractivity contribution in [1.82, 2.24) is 0 Å². The van der Waals surface area contributed by atoms with Gasteiger partial charge in [0, 0.05) is 0 Å². The first-order valence-electron chi connectivity index (χ1n) is 2.24. The van der Waals surface area contributed by atoms with Crippen molar-refractivity contribution in [2.24, 2.45) is 0 Å². The van der Waals surface area contributed by atoms with E-state index in [1.807, 2.05) is 25.2 Å². The first-order chi connectivity index (χ1) is 3.41. The summed E-state index contributed by atoms with van der Waals surface area (Å²) >= 11 is 0. The van der Waals surface area contributed by atoms with Gasteiger partial charge >= 0.3 is 0 Å². The van der Waals surface area contributed by atoms with Crippen molar-refractivity contribution in [3.05, 3.63) is 37.0 Å². The SMILES string of the molecule is [CH]=CC=CC=CC. The van der Waals surface area contributed by atoms with Gasteiger partial charge in [-0.25, -0.2) is 0 Å². The summed E-state index contributed by atoms with van der Waals surface area (Å²) in [7, 11) is 0. The molecule has 0 heterocycles. The van der Waals surface area contributed by atoms with E-state index >= 15 is 0 Å². The molecular formula is C7H9. The Morgan fingerprint density at radius 1 is 1.14 bits per heavy atom. The van der Waals surface area contributed by atoms with Gasteiger partial charge in [-0.05, 0) is 6.92 Å². The molecule has 0 aromatic rings. The Bertz CT molecular complexity index is 86.2. The summed E-state index contributed by atoms with van der Waals surface area (Å²) < 4.78 is 0. The van der Waals surface area contributed by atoms with Gasteiger partial charge in [-0.2, -0.15) is 0 Å². The van der Waals surface area contributed by atoms with E-state index in [0.29, 0.717) is 0 Å². The van der Waals surface area contributed by atoms with Crippen molar-refractivity contribution in [1.29, 1.82) is 0 Å². The zero-order valence-electron chi connectivity index (χ0n) is 4.46. The molecule has 0 rings (SSSR count). The summed E-state index contributed by atoms with van der Waals surface area (Å²) in [4.78, 5) is 0. The molecule has 0 N–H and O–H groups in total. The van der Waals surface area contributed by atoms with Crippen LogP contribution in [0.2, 0.25) is 0 Å². The third-order valence-electron chi connectivity index (χ3n) is 0.526. The molecule has 7 heavy (non-hydrogen) atoms. The molecule has 0 saturated carbocycles. The van der Waals surface area contributed by atoms with Crippen molar-refractivity contribution in [2.75, 3.05) is 0 Å². The first kappa shape index (κ1) is 6.22. The maximum atomic E-state index is 5.02. The number of rotatable bonds is 2. The van der Waals surface area contributed by atoms with E-state index in [9.17, 15) is 0 Å². The van der Waals surface area contributed by atoms with E-state index in [4.69, 9.17) is 6.58 Å². The van der Waals surface area contributed by atoms with Crippen molar-refractivity contribution in [3.8, 4) is 0 Å². The van der Waals surface area contributed by atoms with Gasteiger partial charge in [0.05, 0.1) is 0 Å². The van der Waals surface area contributed by atoms with Gasteiger partial charge in [0.1, 0.15) is 0 Å². The lowest BCUT2D eigenvalue weighted by Crippen LogP contribution is -1.43. The molecule has 0 aliphatic carbocycles. The fourth-order valence-corrected chi connectivity index (χ4v) is 0.239. The Hall–Kier alpha value is -0.780. The van der Waals surface area contributed by atoms with E-state index in [2.05, 4.69) is 0 Å². The quantitative estimate of drug-likeness (QED) is 0.459. The molecule has 0 spiro atoms. The molecule has 0 unspecified atom stereocenters. The summed E-state index contributed by atoms with van der Waals surface area (Å²) in [6.45, 7) is 6.98. The van der Waals surface area contributed by atoms with E-state index in [-0.39, 0.29) is 0 Å². The van der Waals surface area contributed by atoms with E-state index in [0.717, 1.165) is 0 Å². The molecule has 0 aromatic heterocycles. The van der Waals surface area contributed by atoms with Gasteiger partial charge in [-0.3, -0.25) is 0 Å². The minimum atomic E-state index is 1.50. The van der Waals surface area contributed by atoms with Crippen molar-refractivity contribution >= 4 is 0 Å². The average Bonchev–Trinajstić information content (AvgIpc) is 1.69. The largest absolute Gasteiger partial charge is 0.0877 e. The molecule has 0 aliphatic rings. The Morgan fingerprint density at radius 3 is 2.29 bits per heavy atom. The molecule has 0 bridgehead atoms. The van der Waals surface area contributed by atoms with E-state index in [1.54, 1.807) is 6.08 Å². The summed E-state index contributed by atoms with van der Waals surface area (Å²) in [6, 6.07) is 0. The molecule has 1 radical (unpaired) electrons. The van der Waals surface area contributed by atoms with Crippen LogP contribution in [0.1, 0.15) is 6.92 Å². The van der Waals surface area contributed by atoms with Crippen LogP contribution in [-0.4, -0.2) is 0 Å². The molecular weight excluding hydrogens is 84.1 g/mol. The van der Waals surface area contributed by atoms with Crippen LogP contribution in [0, 0.1) is 6.58 Å². The Balaban J connectivity index is 3.27. The van der Waals surface area contributed by atoms with Gasteiger partial charge in [0.15, 0.2) is 0 Å². The zero-order valence-corrected chi connectivity index (χ0v) is 4.46. The smallest absolute Gasteiger partial charge is 0.0467 e. The zero-order chi connectivity index (χ0) is 5.54. The van der Waals surface area contributed by atoms with Crippen LogP contribution >= 0.6 is 0 Å². The van der Waals surface area contributed by atoms with Gasteiger partial charge in [0.25, 0.3) is 0 Å². The number of allylic oxidation sites excluding steroid dienone is 5. The molecule has 0 nitrogen and oxygen atoms in total. The minimum absolute atomic E-state index is 1.50. The van der Waals surface area contributed by atoms with Crippen LogP contribution in [-0.2, 0) is 0 Å². The predicted octanol–water partition coefficient (Wildman–Crippen LogP) is 2.11. The van der Waals surface area contributed by atoms with Crippen LogP contribution in [0.5, 0.6) is 0 Å². The Morgan fingerprint density at radius 2 is 1.86 bits per heavy atom. The summed E-state index contributed by atoms with van der Waals surface area (Å²) in [5.41, 5.74) is 0. The number of hydrogen-bond donors (Lipinski definition) is 0. The van der Waals surface area contributed by atoms with Gasteiger partial charge < -0.3 is 0 Å².